The summed E-state index contributed by atoms with van der Waals surface area (Å²) in [6.07, 6.45) is -3.83. The molecule has 1 aliphatic heterocycles. The van der Waals surface area contributed by atoms with Gasteiger partial charge in [0.15, 0.2) is 0 Å². The number of alkyl halides is 3. The lowest BCUT2D eigenvalue weighted by atomic mass is 10.2. The van der Waals surface area contributed by atoms with Crippen molar-refractivity contribution in [1.82, 2.24) is 14.0 Å². The highest BCUT2D eigenvalue weighted by Crippen LogP contribution is 2.28. The molecular formula is C26H29F3N4O3. The van der Waals surface area contributed by atoms with Crippen LogP contribution >= 0.6 is 0 Å². The lowest BCUT2D eigenvalue weighted by molar-refractivity contribution is -0.139. The summed E-state index contributed by atoms with van der Waals surface area (Å²) in [6, 6.07) is 16.5. The molecule has 3 aromatic rings. The molecule has 0 N–H and O–H groups in total. The number of anilines is 1. The second kappa shape index (κ2) is 11.0. The number of hydrogen-bond donors (Lipinski definition) is 0. The van der Waals surface area contributed by atoms with Crippen molar-refractivity contribution >= 4 is 5.69 Å². The van der Waals surface area contributed by atoms with Gasteiger partial charge in [-0.05, 0) is 30.7 Å². The van der Waals surface area contributed by atoms with Crippen LogP contribution < -0.4 is 20.9 Å². The zero-order chi connectivity index (χ0) is 25.7. The lowest BCUT2D eigenvalue weighted by Crippen LogP contribution is -2.47. The third-order valence-corrected chi connectivity index (χ3v) is 6.39. The number of aromatic nitrogens is 2. The summed E-state index contributed by atoms with van der Waals surface area (Å²) in [7, 11) is 1.64. The molecule has 36 heavy (non-hydrogen) atoms. The van der Waals surface area contributed by atoms with Crippen LogP contribution in [0.3, 0.4) is 0 Å². The van der Waals surface area contributed by atoms with Crippen LogP contribution in [0.4, 0.5) is 18.9 Å². The molecule has 0 spiro atoms. The molecule has 4 rings (SSSR count). The Morgan fingerprint density at radius 3 is 2.22 bits per heavy atom. The summed E-state index contributed by atoms with van der Waals surface area (Å²) >= 11 is 0. The molecular weight excluding hydrogens is 473 g/mol. The monoisotopic (exact) mass is 502 g/mol. The van der Waals surface area contributed by atoms with Crippen LogP contribution in [0.25, 0.3) is 0 Å². The number of rotatable bonds is 8. The van der Waals surface area contributed by atoms with Gasteiger partial charge in [-0.25, -0.2) is 4.79 Å². The van der Waals surface area contributed by atoms with Gasteiger partial charge in [-0.2, -0.15) is 13.2 Å². The molecule has 0 bridgehead atoms. The lowest BCUT2D eigenvalue weighted by Gasteiger charge is -2.36. The number of ether oxygens (including phenoxy) is 1. The van der Waals surface area contributed by atoms with Gasteiger partial charge in [0.25, 0.3) is 5.56 Å². The largest absolute Gasteiger partial charge is 0.495 e. The van der Waals surface area contributed by atoms with E-state index in [9.17, 15) is 22.8 Å². The van der Waals surface area contributed by atoms with Crippen molar-refractivity contribution < 1.29 is 17.9 Å². The summed E-state index contributed by atoms with van der Waals surface area (Å²) in [6.45, 7) is 3.50. The zero-order valence-corrected chi connectivity index (χ0v) is 20.1. The molecule has 0 unspecified atom stereocenters. The highest BCUT2D eigenvalue weighted by atomic mass is 19.4. The van der Waals surface area contributed by atoms with Crippen molar-refractivity contribution in [3.63, 3.8) is 0 Å². The molecule has 1 fully saturated rings. The SMILES string of the molecule is COc1ccccc1N1CCN(CCCn2c(=O)c(C(F)(F)F)cn(Cc3ccccc3)c2=O)CC1. The second-order valence-corrected chi connectivity index (χ2v) is 8.75. The summed E-state index contributed by atoms with van der Waals surface area (Å²) in [5.41, 5.74) is -1.67. The fraction of sp³-hybridized carbons (Fsp3) is 0.385. The van der Waals surface area contributed by atoms with Crippen LogP contribution in [0, 0.1) is 0 Å². The van der Waals surface area contributed by atoms with Crippen LogP contribution in [0.15, 0.2) is 70.4 Å². The van der Waals surface area contributed by atoms with E-state index in [0.29, 0.717) is 24.7 Å². The van der Waals surface area contributed by atoms with Gasteiger partial charge in [0.2, 0.25) is 0 Å². The predicted octanol–water partition coefficient (Wildman–Crippen LogP) is 3.30. The molecule has 2 heterocycles. The van der Waals surface area contributed by atoms with Crippen LogP contribution in [-0.2, 0) is 19.3 Å². The average Bonchev–Trinajstić information content (AvgIpc) is 2.88. The highest BCUT2D eigenvalue weighted by Gasteiger charge is 2.36. The van der Waals surface area contributed by atoms with E-state index in [4.69, 9.17) is 4.74 Å². The van der Waals surface area contributed by atoms with Gasteiger partial charge in [-0.1, -0.05) is 42.5 Å². The van der Waals surface area contributed by atoms with Gasteiger partial charge >= 0.3 is 11.9 Å². The Labute approximate surface area is 207 Å². The van der Waals surface area contributed by atoms with Gasteiger partial charge in [-0.3, -0.25) is 18.8 Å². The molecule has 1 aromatic heterocycles. The molecule has 0 saturated carbocycles. The van der Waals surface area contributed by atoms with Crippen molar-refractivity contribution in [2.45, 2.75) is 25.7 Å². The van der Waals surface area contributed by atoms with Crippen molar-refractivity contribution in [3.8, 4) is 5.75 Å². The quantitative estimate of drug-likeness (QED) is 0.473. The van der Waals surface area contributed by atoms with Gasteiger partial charge in [0.05, 0.1) is 19.3 Å². The summed E-state index contributed by atoms with van der Waals surface area (Å²) in [5, 5.41) is 0. The van der Waals surface area contributed by atoms with E-state index < -0.39 is 23.0 Å². The number of benzene rings is 2. The zero-order valence-electron chi connectivity index (χ0n) is 20.1. The maximum atomic E-state index is 13.6. The fourth-order valence-electron chi connectivity index (χ4n) is 4.49. The normalized spacial score (nSPS) is 14.7. The van der Waals surface area contributed by atoms with E-state index in [1.165, 1.54) is 0 Å². The first-order valence-corrected chi connectivity index (χ1v) is 11.8. The maximum absolute atomic E-state index is 13.6. The number of halogens is 3. The van der Waals surface area contributed by atoms with Gasteiger partial charge in [-0.15, -0.1) is 0 Å². The topological polar surface area (TPSA) is 59.7 Å². The first kappa shape index (κ1) is 25.6. The summed E-state index contributed by atoms with van der Waals surface area (Å²) in [5.74, 6) is 0.807. The third-order valence-electron chi connectivity index (χ3n) is 6.39. The third kappa shape index (κ3) is 5.81. The molecule has 0 atom stereocenters. The minimum Gasteiger partial charge on any atom is -0.495 e. The molecule has 7 nitrogen and oxygen atoms in total. The Balaban J connectivity index is 1.43. The van der Waals surface area contributed by atoms with Crippen LogP contribution in [0.2, 0.25) is 0 Å². The van der Waals surface area contributed by atoms with Crippen molar-refractivity contribution in [2.24, 2.45) is 0 Å². The predicted molar refractivity (Wildman–Crippen MR) is 132 cm³/mol. The Morgan fingerprint density at radius 2 is 1.56 bits per heavy atom. The van der Waals surface area contributed by atoms with E-state index in [0.717, 1.165) is 46.8 Å². The number of nitrogens with zero attached hydrogens (tertiary/aromatic N) is 4. The maximum Gasteiger partial charge on any atom is 0.423 e. The highest BCUT2D eigenvalue weighted by molar-refractivity contribution is 5.58. The Morgan fingerprint density at radius 1 is 0.889 bits per heavy atom. The van der Waals surface area contributed by atoms with Crippen LogP contribution in [0.5, 0.6) is 5.75 Å². The molecule has 10 heteroatoms. The standard InChI is InChI=1S/C26H29F3N4O3/c1-36-23-11-6-5-10-22(23)31-16-14-30(15-17-31)12-7-13-33-24(34)21(26(27,28)29)19-32(25(33)35)18-20-8-3-2-4-9-20/h2-6,8-11,19H,7,12-18H2,1H3. The number of para-hydroxylation sites is 2. The van der Waals surface area contributed by atoms with Crippen molar-refractivity contribution in [1.29, 1.82) is 0 Å². The van der Waals surface area contributed by atoms with E-state index in [2.05, 4.69) is 9.80 Å². The Hall–Kier alpha value is -3.53. The second-order valence-electron chi connectivity index (χ2n) is 8.75. The minimum atomic E-state index is -4.85. The Kier molecular flexibility index (Phi) is 7.83. The number of piperazine rings is 1. The molecule has 1 saturated heterocycles. The first-order valence-electron chi connectivity index (χ1n) is 11.8. The van der Waals surface area contributed by atoms with E-state index in [1.807, 2.05) is 24.3 Å². The average molecular weight is 503 g/mol. The van der Waals surface area contributed by atoms with Gasteiger partial charge < -0.3 is 9.64 Å². The summed E-state index contributed by atoms with van der Waals surface area (Å²) < 4.78 is 47.8. The van der Waals surface area contributed by atoms with Crippen molar-refractivity contribution in [3.05, 3.63) is 92.8 Å². The molecule has 0 amide bonds. The smallest absolute Gasteiger partial charge is 0.423 e. The molecule has 0 radical (unpaired) electrons. The summed E-state index contributed by atoms with van der Waals surface area (Å²) in [4.78, 5) is 29.9. The first-order chi connectivity index (χ1) is 17.3. The number of hydrogen-bond acceptors (Lipinski definition) is 5. The van der Waals surface area contributed by atoms with E-state index in [1.54, 1.807) is 37.4 Å². The van der Waals surface area contributed by atoms with Gasteiger partial charge in [0.1, 0.15) is 11.3 Å². The molecule has 1 aliphatic rings. The molecule has 2 aromatic carbocycles. The Bertz CT molecular complexity index is 1280. The van der Waals surface area contributed by atoms with Crippen LogP contribution in [-0.4, -0.2) is 53.9 Å². The fourth-order valence-corrected chi connectivity index (χ4v) is 4.49. The minimum absolute atomic E-state index is 0.0477. The van der Waals surface area contributed by atoms with E-state index >= 15 is 0 Å². The van der Waals surface area contributed by atoms with Crippen LogP contribution in [0.1, 0.15) is 17.5 Å². The van der Waals surface area contributed by atoms with E-state index in [-0.39, 0.29) is 13.1 Å². The molecule has 192 valence electrons. The van der Waals surface area contributed by atoms with Crippen molar-refractivity contribution in [2.75, 3.05) is 44.7 Å². The number of methoxy groups -OCH3 is 1. The van der Waals surface area contributed by atoms with Gasteiger partial charge in [0, 0.05) is 38.9 Å². The molecule has 0 aliphatic carbocycles.